The second-order valence-electron chi connectivity index (χ2n) is 5.20. The molecule has 112 valence electrons. The third-order valence-corrected chi connectivity index (χ3v) is 3.63. The number of methoxy groups -OCH3 is 1. The molecule has 0 spiro atoms. The number of aryl methyl sites for hydroxylation is 1. The van der Waals surface area contributed by atoms with Gasteiger partial charge in [-0.2, -0.15) is 0 Å². The van der Waals surface area contributed by atoms with E-state index in [1.165, 1.54) is 0 Å². The van der Waals surface area contributed by atoms with Gasteiger partial charge in [0.1, 0.15) is 0 Å². The van der Waals surface area contributed by atoms with Crippen molar-refractivity contribution in [1.29, 1.82) is 0 Å². The predicted molar refractivity (Wildman–Crippen MR) is 81.5 cm³/mol. The Morgan fingerprint density at radius 1 is 1.33 bits per heavy atom. The van der Waals surface area contributed by atoms with E-state index < -0.39 is 11.7 Å². The Morgan fingerprint density at radius 3 is 2.67 bits per heavy atom. The first-order valence-electron chi connectivity index (χ1n) is 6.85. The van der Waals surface area contributed by atoms with Crippen LogP contribution in [0.3, 0.4) is 0 Å². The number of rotatable bonds is 5. The molecule has 0 aliphatic carbocycles. The van der Waals surface area contributed by atoms with Crippen LogP contribution in [0, 0.1) is 6.92 Å². The quantitative estimate of drug-likeness (QED) is 0.674. The number of amides is 1. The van der Waals surface area contributed by atoms with Gasteiger partial charge in [-0.25, -0.2) is 0 Å². The van der Waals surface area contributed by atoms with Crippen molar-refractivity contribution < 1.29 is 14.3 Å². The van der Waals surface area contributed by atoms with Crippen molar-refractivity contribution in [3.8, 4) is 0 Å². The monoisotopic (exact) mass is 288 g/mol. The van der Waals surface area contributed by atoms with Gasteiger partial charge in [-0.3, -0.25) is 9.59 Å². The molecular weight excluding hydrogens is 268 g/mol. The molecule has 5 heteroatoms. The van der Waals surface area contributed by atoms with Crippen molar-refractivity contribution in [2.24, 2.45) is 7.05 Å². The molecule has 1 atom stereocenters. The number of nitrogens with zero attached hydrogens (tertiary/aromatic N) is 1. The number of nitrogens with one attached hydrogen (secondary N) is 1. The number of hydrogen-bond donors (Lipinski definition) is 1. The second kappa shape index (κ2) is 6.10. The molecule has 0 saturated heterocycles. The summed E-state index contributed by atoms with van der Waals surface area (Å²) in [7, 11) is 3.44. The Morgan fingerprint density at radius 2 is 2.00 bits per heavy atom. The molecule has 1 aromatic carbocycles. The van der Waals surface area contributed by atoms with Gasteiger partial charge in [-0.1, -0.05) is 18.2 Å². The number of hydrogen-bond acceptors (Lipinski definition) is 3. The maximum absolute atomic E-state index is 12.5. The molecular formula is C16H20N2O3. The summed E-state index contributed by atoms with van der Waals surface area (Å²) in [6.45, 7) is 4.01. The van der Waals surface area contributed by atoms with E-state index >= 15 is 0 Å². The van der Waals surface area contributed by atoms with Crippen molar-refractivity contribution in [2.75, 3.05) is 13.7 Å². The minimum absolute atomic E-state index is 0.207. The number of fused-ring (bicyclic) bond motifs is 1. The van der Waals surface area contributed by atoms with Crippen molar-refractivity contribution in [3.63, 3.8) is 0 Å². The van der Waals surface area contributed by atoms with Crippen molar-refractivity contribution in [3.05, 3.63) is 35.5 Å². The summed E-state index contributed by atoms with van der Waals surface area (Å²) in [5.41, 5.74) is 2.20. The summed E-state index contributed by atoms with van der Waals surface area (Å²) in [6, 6.07) is 7.37. The number of carbonyl (C=O) groups is 2. The number of ether oxygens (including phenoxy) is 1. The lowest BCUT2D eigenvalue weighted by Crippen LogP contribution is -2.40. The van der Waals surface area contributed by atoms with E-state index in [0.29, 0.717) is 12.2 Å². The van der Waals surface area contributed by atoms with Gasteiger partial charge in [-0.05, 0) is 19.9 Å². The highest BCUT2D eigenvalue weighted by Crippen LogP contribution is 2.25. The predicted octanol–water partition coefficient (Wildman–Crippen LogP) is 1.82. The van der Waals surface area contributed by atoms with E-state index in [1.807, 2.05) is 42.8 Å². The summed E-state index contributed by atoms with van der Waals surface area (Å²) >= 11 is 0. The van der Waals surface area contributed by atoms with Gasteiger partial charge >= 0.3 is 0 Å². The fraction of sp³-hybridized carbons (Fsp3) is 0.375. The van der Waals surface area contributed by atoms with E-state index in [0.717, 1.165) is 16.6 Å². The number of para-hydroxylation sites is 1. The van der Waals surface area contributed by atoms with Gasteiger partial charge in [0, 0.05) is 36.8 Å². The molecule has 0 unspecified atom stereocenters. The number of carbonyl (C=O) groups excluding carboxylic acids is 2. The third-order valence-electron chi connectivity index (χ3n) is 3.63. The van der Waals surface area contributed by atoms with E-state index in [-0.39, 0.29) is 6.04 Å². The molecule has 0 aliphatic heterocycles. The lowest BCUT2D eigenvalue weighted by molar-refractivity contribution is -0.117. The summed E-state index contributed by atoms with van der Waals surface area (Å²) in [5.74, 6) is -1.11. The van der Waals surface area contributed by atoms with E-state index in [1.54, 1.807) is 14.0 Å². The molecule has 21 heavy (non-hydrogen) atoms. The summed E-state index contributed by atoms with van der Waals surface area (Å²) in [6.07, 6.45) is 0. The zero-order valence-corrected chi connectivity index (χ0v) is 12.8. The maximum Gasteiger partial charge on any atom is 0.292 e. The van der Waals surface area contributed by atoms with Crippen LogP contribution in [0.5, 0.6) is 0 Å². The van der Waals surface area contributed by atoms with Crippen molar-refractivity contribution >= 4 is 22.6 Å². The van der Waals surface area contributed by atoms with E-state index in [9.17, 15) is 9.59 Å². The highest BCUT2D eigenvalue weighted by atomic mass is 16.5. The molecule has 2 rings (SSSR count). The van der Waals surface area contributed by atoms with E-state index in [2.05, 4.69) is 5.32 Å². The number of ketones is 1. The second-order valence-corrected chi connectivity index (χ2v) is 5.20. The van der Waals surface area contributed by atoms with Crippen molar-refractivity contribution in [2.45, 2.75) is 19.9 Å². The van der Waals surface area contributed by atoms with Crippen LogP contribution in [-0.4, -0.2) is 36.0 Å². The molecule has 0 radical (unpaired) electrons. The Hall–Kier alpha value is -2.14. The normalized spacial score (nSPS) is 12.4. The molecule has 2 aromatic rings. The van der Waals surface area contributed by atoms with Crippen LogP contribution in [0.1, 0.15) is 23.0 Å². The lowest BCUT2D eigenvalue weighted by atomic mass is 10.1. The van der Waals surface area contributed by atoms with Crippen LogP contribution >= 0.6 is 0 Å². The van der Waals surface area contributed by atoms with Crippen LogP contribution in [0.25, 0.3) is 10.9 Å². The van der Waals surface area contributed by atoms with Gasteiger partial charge in [0.25, 0.3) is 11.7 Å². The molecule has 1 heterocycles. The highest BCUT2D eigenvalue weighted by Gasteiger charge is 2.24. The van der Waals surface area contributed by atoms with Crippen LogP contribution in [0.4, 0.5) is 0 Å². The Balaban J connectivity index is 2.36. The minimum atomic E-state index is -0.598. The molecule has 0 saturated carbocycles. The third kappa shape index (κ3) is 2.83. The Labute approximate surface area is 123 Å². The zero-order valence-electron chi connectivity index (χ0n) is 12.8. The standard InChI is InChI=1S/C16H20N2O3/c1-10(9-21-4)17-16(20)15(19)14-11(2)18(3)13-8-6-5-7-12(13)14/h5-8,10H,9H2,1-4H3,(H,17,20)/t10-/m0/s1. The number of benzene rings is 1. The van der Waals surface area contributed by atoms with Crippen LogP contribution < -0.4 is 5.32 Å². The smallest absolute Gasteiger partial charge is 0.292 e. The van der Waals surface area contributed by atoms with Crippen LogP contribution in [-0.2, 0) is 16.6 Å². The molecule has 0 fully saturated rings. The fourth-order valence-corrected chi connectivity index (χ4v) is 2.50. The average molecular weight is 288 g/mol. The summed E-state index contributed by atoms with van der Waals surface area (Å²) < 4.78 is 6.88. The first-order valence-corrected chi connectivity index (χ1v) is 6.85. The molecule has 1 aromatic heterocycles. The van der Waals surface area contributed by atoms with Crippen LogP contribution in [0.15, 0.2) is 24.3 Å². The summed E-state index contributed by atoms with van der Waals surface area (Å²) in [5, 5.41) is 3.46. The number of Topliss-reactive ketones (excluding diaryl/α,β-unsaturated/α-hetero) is 1. The molecule has 5 nitrogen and oxygen atoms in total. The molecule has 1 amide bonds. The van der Waals surface area contributed by atoms with Gasteiger partial charge in [0.15, 0.2) is 0 Å². The van der Waals surface area contributed by atoms with Crippen molar-refractivity contribution in [1.82, 2.24) is 9.88 Å². The maximum atomic E-state index is 12.5. The molecule has 1 N–H and O–H groups in total. The largest absolute Gasteiger partial charge is 0.383 e. The average Bonchev–Trinajstić information content (AvgIpc) is 2.71. The first kappa shape index (κ1) is 15.3. The van der Waals surface area contributed by atoms with Gasteiger partial charge in [0.05, 0.1) is 12.2 Å². The topological polar surface area (TPSA) is 60.3 Å². The summed E-state index contributed by atoms with van der Waals surface area (Å²) in [4.78, 5) is 24.6. The number of aromatic nitrogens is 1. The highest BCUT2D eigenvalue weighted by molar-refractivity contribution is 6.45. The minimum Gasteiger partial charge on any atom is -0.383 e. The van der Waals surface area contributed by atoms with E-state index in [4.69, 9.17) is 4.74 Å². The van der Waals surface area contributed by atoms with Crippen LogP contribution in [0.2, 0.25) is 0 Å². The van der Waals surface area contributed by atoms with Gasteiger partial charge in [0.2, 0.25) is 0 Å². The SMILES string of the molecule is COC[C@H](C)NC(=O)C(=O)c1c(C)n(C)c2ccccc12. The molecule has 0 bridgehead atoms. The zero-order chi connectivity index (χ0) is 15.6. The van der Waals surface area contributed by atoms with Gasteiger partial charge in [-0.15, -0.1) is 0 Å². The molecule has 0 aliphatic rings. The Kier molecular flexibility index (Phi) is 4.43. The first-order chi connectivity index (χ1) is 9.97. The fourth-order valence-electron chi connectivity index (χ4n) is 2.50. The lowest BCUT2D eigenvalue weighted by Gasteiger charge is -2.12. The van der Waals surface area contributed by atoms with Gasteiger partial charge < -0.3 is 14.6 Å². The Bertz CT molecular complexity index is 688.